The molecule has 0 radical (unpaired) electrons. The van der Waals surface area contributed by atoms with Crippen molar-refractivity contribution in [3.63, 3.8) is 0 Å². The lowest BCUT2D eigenvalue weighted by Crippen LogP contribution is -2.38. The smallest absolute Gasteiger partial charge is 0.264 e. The summed E-state index contributed by atoms with van der Waals surface area (Å²) in [4.78, 5) is 17.8. The molecule has 0 bridgehead atoms. The Morgan fingerprint density at radius 2 is 1.90 bits per heavy atom. The van der Waals surface area contributed by atoms with Gasteiger partial charge in [0.05, 0.1) is 11.0 Å². The van der Waals surface area contributed by atoms with E-state index in [1.165, 1.54) is 6.07 Å². The number of hydrogen-bond acceptors (Lipinski definition) is 5. The molecule has 8 heteroatoms. The van der Waals surface area contributed by atoms with Crippen molar-refractivity contribution < 1.29 is 18.3 Å². The zero-order valence-electron chi connectivity index (χ0n) is 17.0. The topological polar surface area (TPSA) is 102 Å². The van der Waals surface area contributed by atoms with E-state index in [1.807, 2.05) is 30.3 Å². The van der Waals surface area contributed by atoms with Crippen molar-refractivity contribution in [3.8, 4) is 11.3 Å². The van der Waals surface area contributed by atoms with Crippen LogP contribution in [0.3, 0.4) is 0 Å². The highest BCUT2D eigenvalue weighted by molar-refractivity contribution is 7.90. The molecule has 2 aliphatic rings. The molecule has 1 aromatic heterocycles. The molecular weight excluding hydrogens is 414 g/mol. The van der Waals surface area contributed by atoms with Crippen LogP contribution < -0.4 is 9.62 Å². The maximum atomic E-state index is 12.9. The molecule has 2 heterocycles. The lowest BCUT2D eigenvalue weighted by atomic mass is 9.85. The zero-order chi connectivity index (χ0) is 21.6. The number of H-pyrrole nitrogens is 1. The molecule has 2 fully saturated rings. The third-order valence-corrected chi connectivity index (χ3v) is 7.66. The Morgan fingerprint density at radius 1 is 1.10 bits per heavy atom. The van der Waals surface area contributed by atoms with Gasteiger partial charge in [-0.1, -0.05) is 24.6 Å². The lowest BCUT2D eigenvalue weighted by Gasteiger charge is -2.24. The standard InChI is InChI=1S/C23H25N3O4S/c27-17-10-11-26(14-17)22-9-8-18(31(29,30)25-23(28)15-5-3-6-15)13-19(22)21-12-16-4-1-2-7-20(16)24-21/h1-2,4,7-9,12-13,15,17,24,27H,3,5-6,10-11,14H2,(H,25,28). The monoisotopic (exact) mass is 439 g/mol. The summed E-state index contributed by atoms with van der Waals surface area (Å²) in [5.74, 6) is -0.640. The van der Waals surface area contributed by atoms with Crippen LogP contribution in [0.1, 0.15) is 25.7 Å². The highest BCUT2D eigenvalue weighted by Gasteiger charge is 2.30. The minimum absolute atomic E-state index is 0.0531. The number of benzene rings is 2. The number of aromatic nitrogens is 1. The van der Waals surface area contributed by atoms with E-state index in [1.54, 1.807) is 12.1 Å². The normalized spacial score (nSPS) is 19.5. The summed E-state index contributed by atoms with van der Waals surface area (Å²) in [6.45, 7) is 1.19. The minimum Gasteiger partial charge on any atom is -0.391 e. The summed E-state index contributed by atoms with van der Waals surface area (Å²) in [5, 5.41) is 11.0. The van der Waals surface area contributed by atoms with Gasteiger partial charge < -0.3 is 15.0 Å². The van der Waals surface area contributed by atoms with Crippen LogP contribution in [0.2, 0.25) is 0 Å². The van der Waals surface area contributed by atoms with Gasteiger partial charge in [-0.3, -0.25) is 4.79 Å². The molecule has 1 unspecified atom stereocenters. The Kier molecular flexibility index (Phi) is 4.98. The fourth-order valence-corrected chi connectivity index (χ4v) is 5.37. The first kappa shape index (κ1) is 20.1. The van der Waals surface area contributed by atoms with Crippen LogP contribution in [0.4, 0.5) is 5.69 Å². The van der Waals surface area contributed by atoms with Crippen molar-refractivity contribution in [1.82, 2.24) is 9.71 Å². The molecule has 2 aromatic carbocycles. The van der Waals surface area contributed by atoms with Crippen molar-refractivity contribution in [2.45, 2.75) is 36.7 Å². The number of hydrogen-bond donors (Lipinski definition) is 3. The van der Waals surface area contributed by atoms with Crippen LogP contribution in [0.5, 0.6) is 0 Å². The van der Waals surface area contributed by atoms with Crippen molar-refractivity contribution in [2.24, 2.45) is 5.92 Å². The fourth-order valence-electron chi connectivity index (χ4n) is 4.30. The van der Waals surface area contributed by atoms with E-state index in [-0.39, 0.29) is 10.8 Å². The van der Waals surface area contributed by atoms with E-state index in [4.69, 9.17) is 0 Å². The molecule has 1 atom stereocenters. The summed E-state index contributed by atoms with van der Waals surface area (Å²) in [6, 6.07) is 14.8. The Balaban J connectivity index is 1.56. The highest BCUT2D eigenvalue weighted by Crippen LogP contribution is 2.36. The van der Waals surface area contributed by atoms with Gasteiger partial charge in [0, 0.05) is 46.9 Å². The van der Waals surface area contributed by atoms with Gasteiger partial charge in [-0.2, -0.15) is 0 Å². The second kappa shape index (κ2) is 7.69. The number of aromatic amines is 1. The van der Waals surface area contributed by atoms with Crippen molar-refractivity contribution in [2.75, 3.05) is 18.0 Å². The Hall–Kier alpha value is -2.84. The number of β-amino-alcohol motifs (C(OH)–C–C–N with tert-alkyl or cyclic N) is 1. The second-order valence-electron chi connectivity index (χ2n) is 8.44. The molecule has 1 amide bonds. The molecular formula is C23H25N3O4S. The molecule has 1 aliphatic carbocycles. The summed E-state index contributed by atoms with van der Waals surface area (Å²) >= 11 is 0. The number of rotatable bonds is 5. The van der Waals surface area contributed by atoms with E-state index in [0.29, 0.717) is 19.5 Å². The molecule has 1 saturated carbocycles. The zero-order valence-corrected chi connectivity index (χ0v) is 17.9. The number of carbonyl (C=O) groups is 1. The van der Waals surface area contributed by atoms with E-state index < -0.39 is 22.0 Å². The van der Waals surface area contributed by atoms with Gasteiger partial charge >= 0.3 is 0 Å². The van der Waals surface area contributed by atoms with E-state index in [2.05, 4.69) is 14.6 Å². The fraction of sp³-hybridized carbons (Fsp3) is 0.348. The van der Waals surface area contributed by atoms with Crippen LogP contribution in [-0.2, 0) is 14.8 Å². The molecule has 3 aromatic rings. The van der Waals surface area contributed by atoms with Crippen LogP contribution >= 0.6 is 0 Å². The number of carbonyl (C=O) groups excluding carboxylic acids is 1. The largest absolute Gasteiger partial charge is 0.391 e. The number of anilines is 1. The molecule has 0 spiro atoms. The third kappa shape index (κ3) is 3.81. The van der Waals surface area contributed by atoms with Crippen molar-refractivity contribution >= 4 is 32.5 Å². The van der Waals surface area contributed by atoms with Gasteiger partial charge in [-0.05, 0) is 49.6 Å². The predicted molar refractivity (Wildman–Crippen MR) is 119 cm³/mol. The van der Waals surface area contributed by atoms with Crippen LogP contribution in [0, 0.1) is 5.92 Å². The van der Waals surface area contributed by atoms with Crippen LogP contribution in [0.25, 0.3) is 22.2 Å². The molecule has 5 rings (SSSR count). The van der Waals surface area contributed by atoms with Gasteiger partial charge in [-0.25, -0.2) is 13.1 Å². The molecule has 7 nitrogen and oxygen atoms in total. The van der Waals surface area contributed by atoms with Gasteiger partial charge in [0.1, 0.15) is 0 Å². The number of aliphatic hydroxyl groups is 1. The van der Waals surface area contributed by atoms with Gasteiger partial charge in [0.25, 0.3) is 10.0 Å². The maximum Gasteiger partial charge on any atom is 0.264 e. The highest BCUT2D eigenvalue weighted by atomic mass is 32.2. The number of aliphatic hydroxyl groups excluding tert-OH is 1. The summed E-state index contributed by atoms with van der Waals surface area (Å²) in [7, 11) is -3.97. The number of nitrogens with one attached hydrogen (secondary N) is 2. The van der Waals surface area contributed by atoms with Crippen molar-refractivity contribution in [1.29, 1.82) is 0 Å². The quantitative estimate of drug-likeness (QED) is 0.567. The summed E-state index contributed by atoms with van der Waals surface area (Å²) in [6.07, 6.45) is 2.69. The van der Waals surface area contributed by atoms with Crippen molar-refractivity contribution in [3.05, 3.63) is 48.5 Å². The Morgan fingerprint density at radius 3 is 2.58 bits per heavy atom. The minimum atomic E-state index is -3.97. The van der Waals surface area contributed by atoms with E-state index >= 15 is 0 Å². The van der Waals surface area contributed by atoms with Crippen LogP contribution in [-0.4, -0.2) is 43.6 Å². The summed E-state index contributed by atoms with van der Waals surface area (Å²) in [5.41, 5.74) is 3.33. The van der Waals surface area contributed by atoms with E-state index in [0.717, 1.165) is 47.1 Å². The SMILES string of the molecule is O=C(NS(=O)(=O)c1ccc(N2CCC(O)C2)c(-c2cc3ccccc3[nH]2)c1)C1CCC1. The van der Waals surface area contributed by atoms with E-state index in [9.17, 15) is 18.3 Å². The first-order valence-corrected chi connectivity index (χ1v) is 12.1. The van der Waals surface area contributed by atoms with Crippen LogP contribution in [0.15, 0.2) is 53.4 Å². The first-order valence-electron chi connectivity index (χ1n) is 10.6. The van der Waals surface area contributed by atoms with Gasteiger partial charge in [-0.15, -0.1) is 0 Å². The molecule has 1 aliphatic heterocycles. The third-order valence-electron chi connectivity index (χ3n) is 6.31. The number of amides is 1. The average Bonchev–Trinajstić information content (AvgIpc) is 3.31. The number of fused-ring (bicyclic) bond motifs is 1. The number of nitrogens with zero attached hydrogens (tertiary/aromatic N) is 1. The van der Waals surface area contributed by atoms with Gasteiger partial charge in [0.15, 0.2) is 0 Å². The molecule has 162 valence electrons. The Labute approximate surface area is 181 Å². The summed E-state index contributed by atoms with van der Waals surface area (Å²) < 4.78 is 28.1. The number of para-hydroxylation sites is 1. The second-order valence-corrected chi connectivity index (χ2v) is 10.1. The Bertz CT molecular complexity index is 1210. The first-order chi connectivity index (χ1) is 14.9. The molecule has 1 saturated heterocycles. The number of sulfonamides is 1. The lowest BCUT2D eigenvalue weighted by molar-refractivity contribution is -0.125. The molecule has 31 heavy (non-hydrogen) atoms. The molecule has 3 N–H and O–H groups in total. The average molecular weight is 440 g/mol. The maximum absolute atomic E-state index is 12.9. The van der Waals surface area contributed by atoms with Gasteiger partial charge in [0.2, 0.25) is 5.91 Å². The predicted octanol–water partition coefficient (Wildman–Crippen LogP) is 3.01.